The lowest BCUT2D eigenvalue weighted by Gasteiger charge is -2.08. The van der Waals surface area contributed by atoms with Gasteiger partial charge in [0.15, 0.2) is 5.78 Å². The van der Waals surface area contributed by atoms with Gasteiger partial charge in [-0.25, -0.2) is 0 Å². The quantitative estimate of drug-likeness (QED) is 0.518. The Hall–Kier alpha value is -0.590. The summed E-state index contributed by atoms with van der Waals surface area (Å²) in [6.07, 6.45) is 3.29. The Labute approximate surface area is 67.5 Å². The van der Waals surface area contributed by atoms with Crippen molar-refractivity contribution < 1.29 is 4.79 Å². The SMILES string of the molecule is CC1=C2CCC(C)C2CC1=O. The number of hydrogen-bond donors (Lipinski definition) is 0. The van der Waals surface area contributed by atoms with E-state index in [0.29, 0.717) is 11.7 Å². The van der Waals surface area contributed by atoms with Crippen molar-refractivity contribution in [1.82, 2.24) is 0 Å². The summed E-state index contributed by atoms with van der Waals surface area (Å²) >= 11 is 0. The van der Waals surface area contributed by atoms with Crippen molar-refractivity contribution in [3.8, 4) is 0 Å². The molecule has 0 saturated heterocycles. The lowest BCUT2D eigenvalue weighted by molar-refractivity contribution is -0.115. The highest BCUT2D eigenvalue weighted by molar-refractivity contribution is 5.98. The summed E-state index contributed by atoms with van der Waals surface area (Å²) in [7, 11) is 0. The zero-order valence-corrected chi connectivity index (χ0v) is 7.18. The van der Waals surface area contributed by atoms with Gasteiger partial charge < -0.3 is 0 Å². The van der Waals surface area contributed by atoms with Crippen LogP contribution in [-0.4, -0.2) is 5.78 Å². The normalized spacial score (nSPS) is 36.7. The van der Waals surface area contributed by atoms with Gasteiger partial charge >= 0.3 is 0 Å². The maximum Gasteiger partial charge on any atom is 0.159 e. The highest BCUT2D eigenvalue weighted by Gasteiger charge is 2.37. The molecular weight excluding hydrogens is 136 g/mol. The van der Waals surface area contributed by atoms with Crippen molar-refractivity contribution in [3.63, 3.8) is 0 Å². The second-order valence-electron chi connectivity index (χ2n) is 3.90. The Morgan fingerprint density at radius 2 is 2.18 bits per heavy atom. The Balaban J connectivity index is 2.36. The van der Waals surface area contributed by atoms with Crippen molar-refractivity contribution in [2.45, 2.75) is 33.1 Å². The van der Waals surface area contributed by atoms with Gasteiger partial charge in [-0.15, -0.1) is 0 Å². The zero-order chi connectivity index (χ0) is 8.01. The molecule has 2 aliphatic carbocycles. The van der Waals surface area contributed by atoms with Gasteiger partial charge in [0.05, 0.1) is 0 Å². The van der Waals surface area contributed by atoms with E-state index in [4.69, 9.17) is 0 Å². The summed E-state index contributed by atoms with van der Waals surface area (Å²) in [4.78, 5) is 11.3. The Morgan fingerprint density at radius 3 is 2.82 bits per heavy atom. The molecule has 2 aliphatic rings. The van der Waals surface area contributed by atoms with Crippen LogP contribution in [0.2, 0.25) is 0 Å². The Bertz CT molecular complexity index is 237. The number of allylic oxidation sites excluding steroid dienone is 2. The zero-order valence-electron chi connectivity index (χ0n) is 7.18. The molecule has 1 saturated carbocycles. The van der Waals surface area contributed by atoms with E-state index in [1.807, 2.05) is 6.92 Å². The number of carbonyl (C=O) groups is 1. The van der Waals surface area contributed by atoms with Crippen molar-refractivity contribution in [2.75, 3.05) is 0 Å². The summed E-state index contributed by atoms with van der Waals surface area (Å²) in [6, 6.07) is 0. The van der Waals surface area contributed by atoms with Crippen LogP contribution in [0, 0.1) is 11.8 Å². The summed E-state index contributed by atoms with van der Waals surface area (Å²) in [6.45, 7) is 4.26. The summed E-state index contributed by atoms with van der Waals surface area (Å²) in [5.74, 6) is 1.78. The average Bonchev–Trinajstić information content (AvgIpc) is 2.43. The van der Waals surface area contributed by atoms with E-state index in [9.17, 15) is 4.79 Å². The molecule has 1 nitrogen and oxygen atoms in total. The van der Waals surface area contributed by atoms with E-state index < -0.39 is 0 Å². The third kappa shape index (κ3) is 0.867. The predicted molar refractivity (Wildman–Crippen MR) is 44.2 cm³/mol. The van der Waals surface area contributed by atoms with Gasteiger partial charge in [-0.2, -0.15) is 0 Å². The van der Waals surface area contributed by atoms with E-state index in [0.717, 1.165) is 17.9 Å². The van der Waals surface area contributed by atoms with E-state index in [2.05, 4.69) is 6.92 Å². The molecule has 0 aromatic carbocycles. The van der Waals surface area contributed by atoms with E-state index >= 15 is 0 Å². The van der Waals surface area contributed by atoms with Crippen LogP contribution in [0.1, 0.15) is 33.1 Å². The molecule has 0 aliphatic heterocycles. The van der Waals surface area contributed by atoms with Crippen LogP contribution in [-0.2, 0) is 4.79 Å². The van der Waals surface area contributed by atoms with Crippen LogP contribution in [0.4, 0.5) is 0 Å². The second kappa shape index (κ2) is 2.20. The molecule has 0 N–H and O–H groups in total. The van der Waals surface area contributed by atoms with Crippen molar-refractivity contribution in [2.24, 2.45) is 11.8 Å². The van der Waals surface area contributed by atoms with Gasteiger partial charge in [0, 0.05) is 6.42 Å². The highest BCUT2D eigenvalue weighted by atomic mass is 16.1. The molecule has 1 heteroatoms. The molecule has 1 fully saturated rings. The first kappa shape index (κ1) is 7.08. The van der Waals surface area contributed by atoms with Crippen LogP contribution in [0.5, 0.6) is 0 Å². The monoisotopic (exact) mass is 150 g/mol. The van der Waals surface area contributed by atoms with Gasteiger partial charge in [-0.05, 0) is 37.2 Å². The molecule has 0 spiro atoms. The van der Waals surface area contributed by atoms with Crippen molar-refractivity contribution >= 4 is 5.78 Å². The molecule has 0 heterocycles. The number of ketones is 1. The Morgan fingerprint density at radius 1 is 1.45 bits per heavy atom. The first-order chi connectivity index (χ1) is 5.20. The molecule has 0 aromatic rings. The molecule has 11 heavy (non-hydrogen) atoms. The summed E-state index contributed by atoms with van der Waals surface area (Å²) in [5.41, 5.74) is 2.56. The van der Waals surface area contributed by atoms with Gasteiger partial charge in [-0.1, -0.05) is 12.5 Å². The van der Waals surface area contributed by atoms with Crippen LogP contribution in [0.15, 0.2) is 11.1 Å². The van der Waals surface area contributed by atoms with Crippen LogP contribution < -0.4 is 0 Å². The molecule has 0 bridgehead atoms. The predicted octanol–water partition coefficient (Wildman–Crippen LogP) is 2.32. The van der Waals surface area contributed by atoms with Crippen LogP contribution in [0.25, 0.3) is 0 Å². The first-order valence-electron chi connectivity index (χ1n) is 4.43. The van der Waals surface area contributed by atoms with Crippen molar-refractivity contribution in [3.05, 3.63) is 11.1 Å². The van der Waals surface area contributed by atoms with E-state index in [1.54, 1.807) is 0 Å². The van der Waals surface area contributed by atoms with Crippen LogP contribution in [0.3, 0.4) is 0 Å². The Kier molecular flexibility index (Phi) is 1.41. The molecule has 0 amide bonds. The topological polar surface area (TPSA) is 17.1 Å². The van der Waals surface area contributed by atoms with Gasteiger partial charge in [-0.3, -0.25) is 4.79 Å². The van der Waals surface area contributed by atoms with E-state index in [-0.39, 0.29) is 0 Å². The number of fused-ring (bicyclic) bond motifs is 1. The molecule has 2 unspecified atom stereocenters. The third-order valence-electron chi connectivity index (χ3n) is 3.31. The molecule has 2 rings (SSSR count). The fourth-order valence-corrected chi connectivity index (χ4v) is 2.44. The maximum atomic E-state index is 11.3. The lowest BCUT2D eigenvalue weighted by atomic mass is 9.96. The summed E-state index contributed by atoms with van der Waals surface area (Å²) < 4.78 is 0. The maximum absolute atomic E-state index is 11.3. The summed E-state index contributed by atoms with van der Waals surface area (Å²) in [5, 5.41) is 0. The molecular formula is C10H14O. The fourth-order valence-electron chi connectivity index (χ4n) is 2.44. The number of Topliss-reactive ketones (excluding diaryl/α,β-unsaturated/α-hetero) is 1. The minimum absolute atomic E-state index is 0.400. The molecule has 0 radical (unpaired) electrons. The smallest absolute Gasteiger partial charge is 0.159 e. The standard InChI is InChI=1S/C10H14O/c1-6-3-4-8-7(2)10(11)5-9(6)8/h6,9H,3-5H2,1-2H3. The lowest BCUT2D eigenvalue weighted by Crippen LogP contribution is -2.04. The minimum Gasteiger partial charge on any atom is -0.295 e. The molecule has 0 aromatic heterocycles. The molecule has 2 atom stereocenters. The van der Waals surface area contributed by atoms with Gasteiger partial charge in [0.25, 0.3) is 0 Å². The minimum atomic E-state index is 0.400. The number of carbonyl (C=O) groups excluding carboxylic acids is 1. The van der Waals surface area contributed by atoms with Gasteiger partial charge in [0.2, 0.25) is 0 Å². The first-order valence-corrected chi connectivity index (χ1v) is 4.43. The number of rotatable bonds is 0. The van der Waals surface area contributed by atoms with Crippen LogP contribution >= 0.6 is 0 Å². The highest BCUT2D eigenvalue weighted by Crippen LogP contribution is 2.44. The third-order valence-corrected chi connectivity index (χ3v) is 3.31. The second-order valence-corrected chi connectivity index (χ2v) is 3.90. The largest absolute Gasteiger partial charge is 0.295 e. The van der Waals surface area contributed by atoms with Crippen molar-refractivity contribution in [1.29, 1.82) is 0 Å². The molecule has 60 valence electrons. The number of hydrogen-bond acceptors (Lipinski definition) is 1. The average molecular weight is 150 g/mol. The fraction of sp³-hybridized carbons (Fsp3) is 0.700. The van der Waals surface area contributed by atoms with Gasteiger partial charge in [0.1, 0.15) is 0 Å². The van der Waals surface area contributed by atoms with E-state index in [1.165, 1.54) is 18.4 Å².